The summed E-state index contributed by atoms with van der Waals surface area (Å²) in [7, 11) is 2.77. The highest BCUT2D eigenvalue weighted by molar-refractivity contribution is 5.79. The van der Waals surface area contributed by atoms with Gasteiger partial charge in [-0.05, 0) is 52.3 Å². The van der Waals surface area contributed by atoms with E-state index in [1.165, 1.54) is 14.2 Å². The fourth-order valence-corrected chi connectivity index (χ4v) is 2.08. The second-order valence-electron chi connectivity index (χ2n) is 7.21. The maximum absolute atomic E-state index is 12.3. The minimum absolute atomic E-state index is 0.341. The molecule has 0 radical (unpaired) electrons. The Balaban J connectivity index is 2.87. The normalized spacial score (nSPS) is 13.1. The number of carbonyl (C=O) groups is 2. The van der Waals surface area contributed by atoms with Crippen LogP contribution >= 0.6 is 0 Å². The van der Waals surface area contributed by atoms with Gasteiger partial charge in [-0.25, -0.2) is 9.59 Å². The molecule has 1 unspecified atom stereocenters. The van der Waals surface area contributed by atoms with Gasteiger partial charge in [-0.15, -0.1) is 0 Å². The van der Waals surface area contributed by atoms with Gasteiger partial charge in [0.15, 0.2) is 11.7 Å². The molecule has 140 valence electrons. The monoisotopic (exact) mass is 352 g/mol. The van der Waals surface area contributed by atoms with Gasteiger partial charge in [-0.2, -0.15) is 0 Å². The fraction of sp³-hybridized carbons (Fsp3) is 0.579. The molecule has 6 heteroatoms. The number of methoxy groups -OCH3 is 2. The van der Waals surface area contributed by atoms with Gasteiger partial charge in [0, 0.05) is 13.5 Å². The molecule has 0 saturated heterocycles. The number of benzene rings is 1. The van der Waals surface area contributed by atoms with Crippen molar-refractivity contribution in [3.05, 3.63) is 29.8 Å². The molecule has 0 fully saturated rings. The predicted octanol–water partition coefficient (Wildman–Crippen LogP) is 2.92. The van der Waals surface area contributed by atoms with Crippen LogP contribution in [-0.2, 0) is 30.2 Å². The van der Waals surface area contributed by atoms with E-state index < -0.39 is 29.2 Å². The zero-order valence-electron chi connectivity index (χ0n) is 16.0. The largest absolute Gasteiger partial charge is 0.476 e. The molecule has 0 heterocycles. The lowest BCUT2D eigenvalue weighted by atomic mass is 10.1. The van der Waals surface area contributed by atoms with Gasteiger partial charge in [0.1, 0.15) is 11.4 Å². The molecular formula is C19H28O6. The van der Waals surface area contributed by atoms with Crippen LogP contribution in [0.4, 0.5) is 0 Å². The highest BCUT2D eigenvalue weighted by atomic mass is 16.6. The summed E-state index contributed by atoms with van der Waals surface area (Å²) in [4.78, 5) is 23.9. The van der Waals surface area contributed by atoms with E-state index in [0.29, 0.717) is 12.2 Å². The van der Waals surface area contributed by atoms with Gasteiger partial charge < -0.3 is 18.9 Å². The molecule has 0 spiro atoms. The topological polar surface area (TPSA) is 71.1 Å². The Kier molecular flexibility index (Phi) is 6.99. The van der Waals surface area contributed by atoms with Crippen LogP contribution < -0.4 is 4.74 Å². The van der Waals surface area contributed by atoms with E-state index in [0.717, 1.165) is 5.56 Å². The molecule has 0 aliphatic carbocycles. The Morgan fingerprint density at radius 2 is 1.72 bits per heavy atom. The Hall–Kier alpha value is -2.08. The molecule has 25 heavy (non-hydrogen) atoms. The second-order valence-corrected chi connectivity index (χ2v) is 7.21. The number of carbonyl (C=O) groups excluding carboxylic acids is 2. The van der Waals surface area contributed by atoms with E-state index in [4.69, 9.17) is 18.9 Å². The maximum Gasteiger partial charge on any atom is 0.350 e. The van der Waals surface area contributed by atoms with Crippen molar-refractivity contribution in [3.63, 3.8) is 0 Å². The minimum atomic E-state index is -1.14. The summed E-state index contributed by atoms with van der Waals surface area (Å²) in [6, 6.07) is 7.15. The Morgan fingerprint density at radius 3 is 2.24 bits per heavy atom. The standard InChI is InChI=1S/C19H28O6/c1-18(2,3)25-17(21)19(4,5)24-14-10-8-9-13(11-14)12-15(22-6)16(20)23-7/h8-11,15H,12H2,1-7H3. The first-order valence-corrected chi connectivity index (χ1v) is 8.10. The second kappa shape index (κ2) is 8.34. The predicted molar refractivity (Wildman–Crippen MR) is 93.5 cm³/mol. The van der Waals surface area contributed by atoms with Crippen LogP contribution in [0.5, 0.6) is 5.75 Å². The zero-order valence-corrected chi connectivity index (χ0v) is 16.0. The van der Waals surface area contributed by atoms with E-state index in [9.17, 15) is 9.59 Å². The van der Waals surface area contributed by atoms with Crippen molar-refractivity contribution in [2.24, 2.45) is 0 Å². The average molecular weight is 352 g/mol. The van der Waals surface area contributed by atoms with Crippen molar-refractivity contribution in [1.29, 1.82) is 0 Å². The Morgan fingerprint density at radius 1 is 1.08 bits per heavy atom. The molecule has 0 N–H and O–H groups in total. The third kappa shape index (κ3) is 6.74. The lowest BCUT2D eigenvalue weighted by Gasteiger charge is -2.29. The van der Waals surface area contributed by atoms with Crippen molar-refractivity contribution < 1.29 is 28.5 Å². The molecule has 1 aromatic carbocycles. The van der Waals surface area contributed by atoms with Gasteiger partial charge in [0.05, 0.1) is 7.11 Å². The quantitative estimate of drug-likeness (QED) is 0.703. The number of rotatable bonds is 7. The molecule has 0 aliphatic heterocycles. The summed E-state index contributed by atoms with van der Waals surface area (Å²) in [5, 5.41) is 0. The Bertz CT molecular complexity index is 600. The lowest BCUT2D eigenvalue weighted by molar-refractivity contribution is -0.170. The van der Waals surface area contributed by atoms with Crippen LogP contribution in [0.1, 0.15) is 40.2 Å². The summed E-state index contributed by atoms with van der Waals surface area (Å²) in [6.45, 7) is 8.72. The van der Waals surface area contributed by atoms with Crippen molar-refractivity contribution in [3.8, 4) is 5.75 Å². The Labute approximate surface area is 149 Å². The number of hydrogen-bond acceptors (Lipinski definition) is 6. The number of ether oxygens (including phenoxy) is 4. The molecule has 0 amide bonds. The summed E-state index contributed by atoms with van der Waals surface area (Å²) in [5.74, 6) is -0.384. The van der Waals surface area contributed by atoms with E-state index in [2.05, 4.69) is 0 Å². The van der Waals surface area contributed by atoms with Crippen LogP contribution in [-0.4, -0.2) is 43.5 Å². The molecule has 0 aliphatic rings. The molecule has 1 aromatic rings. The SMILES string of the molecule is COC(=O)C(Cc1cccc(OC(C)(C)C(=O)OC(C)(C)C)c1)OC. The fourth-order valence-electron chi connectivity index (χ4n) is 2.08. The van der Waals surface area contributed by atoms with Gasteiger partial charge in [0.25, 0.3) is 0 Å². The average Bonchev–Trinajstić information content (AvgIpc) is 2.50. The van der Waals surface area contributed by atoms with Crippen LogP contribution in [0, 0.1) is 0 Å². The first-order valence-electron chi connectivity index (χ1n) is 8.10. The molecule has 1 rings (SSSR count). The van der Waals surface area contributed by atoms with E-state index in [1.54, 1.807) is 52.8 Å². The first kappa shape index (κ1) is 21.0. The molecule has 1 atom stereocenters. The summed E-state index contributed by atoms with van der Waals surface area (Å²) in [5.41, 5.74) is -0.907. The zero-order chi connectivity index (χ0) is 19.3. The van der Waals surface area contributed by atoms with Gasteiger partial charge in [0.2, 0.25) is 0 Å². The molecule has 0 aromatic heterocycles. The van der Waals surface area contributed by atoms with Crippen molar-refractivity contribution in [1.82, 2.24) is 0 Å². The third-order valence-corrected chi connectivity index (χ3v) is 3.33. The minimum Gasteiger partial charge on any atom is -0.476 e. The van der Waals surface area contributed by atoms with Crippen LogP contribution in [0.15, 0.2) is 24.3 Å². The van der Waals surface area contributed by atoms with Crippen LogP contribution in [0.25, 0.3) is 0 Å². The number of esters is 2. The smallest absolute Gasteiger partial charge is 0.350 e. The van der Waals surface area contributed by atoms with Crippen LogP contribution in [0.3, 0.4) is 0 Å². The first-order chi connectivity index (χ1) is 11.5. The van der Waals surface area contributed by atoms with E-state index in [1.807, 2.05) is 6.07 Å². The van der Waals surface area contributed by atoms with Crippen molar-refractivity contribution >= 4 is 11.9 Å². The summed E-state index contributed by atoms with van der Waals surface area (Å²) >= 11 is 0. The summed E-state index contributed by atoms with van der Waals surface area (Å²) in [6.07, 6.45) is -0.355. The van der Waals surface area contributed by atoms with Gasteiger partial charge >= 0.3 is 11.9 Å². The molecular weight excluding hydrogens is 324 g/mol. The number of hydrogen-bond donors (Lipinski definition) is 0. The molecule has 0 saturated carbocycles. The van der Waals surface area contributed by atoms with Crippen molar-refractivity contribution in [2.75, 3.05) is 14.2 Å². The molecule has 6 nitrogen and oxygen atoms in total. The third-order valence-electron chi connectivity index (χ3n) is 3.33. The van der Waals surface area contributed by atoms with Crippen molar-refractivity contribution in [2.45, 2.75) is 58.3 Å². The van der Waals surface area contributed by atoms with E-state index in [-0.39, 0.29) is 0 Å². The lowest BCUT2D eigenvalue weighted by Crippen LogP contribution is -2.43. The van der Waals surface area contributed by atoms with E-state index >= 15 is 0 Å². The molecule has 0 bridgehead atoms. The summed E-state index contributed by atoms with van der Waals surface area (Å²) < 4.78 is 21.1. The maximum atomic E-state index is 12.3. The van der Waals surface area contributed by atoms with Gasteiger partial charge in [-0.3, -0.25) is 0 Å². The highest BCUT2D eigenvalue weighted by Crippen LogP contribution is 2.23. The highest BCUT2D eigenvalue weighted by Gasteiger charge is 2.34. The van der Waals surface area contributed by atoms with Crippen LogP contribution in [0.2, 0.25) is 0 Å². The van der Waals surface area contributed by atoms with Gasteiger partial charge in [-0.1, -0.05) is 12.1 Å².